The normalized spacial score (nSPS) is 11.8. The van der Waals surface area contributed by atoms with Crippen molar-refractivity contribution in [2.24, 2.45) is 0 Å². The molecule has 1 N–H and O–H groups in total. The first-order valence-electron chi connectivity index (χ1n) is 9.91. The molecular weight excluding hydrogens is 395 g/mol. The number of amides is 1. The first-order chi connectivity index (χ1) is 15.1. The Morgan fingerprint density at radius 3 is 2.39 bits per heavy atom. The van der Waals surface area contributed by atoms with Gasteiger partial charge in [-0.15, -0.1) is 0 Å². The largest absolute Gasteiger partial charge is 0.497 e. The number of nitrogens with zero attached hydrogens (tertiary/aromatic N) is 1. The molecule has 0 aliphatic carbocycles. The minimum Gasteiger partial charge on any atom is -0.497 e. The quantitative estimate of drug-likeness (QED) is 0.462. The van der Waals surface area contributed by atoms with E-state index in [1.165, 1.54) is 24.3 Å². The van der Waals surface area contributed by atoms with E-state index in [0.29, 0.717) is 5.75 Å². The molecule has 1 aromatic heterocycles. The van der Waals surface area contributed by atoms with Crippen LogP contribution in [-0.2, 0) is 4.79 Å². The van der Waals surface area contributed by atoms with E-state index in [-0.39, 0.29) is 24.4 Å². The van der Waals surface area contributed by atoms with Crippen LogP contribution in [-0.4, -0.2) is 36.6 Å². The molecular formula is C25H23FN2O3. The number of methoxy groups -OCH3 is 1. The molecule has 1 unspecified atom stereocenters. The lowest BCUT2D eigenvalue weighted by Crippen LogP contribution is -2.35. The zero-order chi connectivity index (χ0) is 21.8. The van der Waals surface area contributed by atoms with Crippen LogP contribution < -0.4 is 9.47 Å². The second-order valence-corrected chi connectivity index (χ2v) is 7.21. The summed E-state index contributed by atoms with van der Waals surface area (Å²) in [5, 5.41) is 1.04. The number of para-hydroxylation sites is 1. The number of carbonyl (C=O) groups is 1. The van der Waals surface area contributed by atoms with Gasteiger partial charge in [-0.25, -0.2) is 4.39 Å². The monoisotopic (exact) mass is 418 g/mol. The molecule has 0 saturated heterocycles. The zero-order valence-electron chi connectivity index (χ0n) is 17.3. The van der Waals surface area contributed by atoms with Crippen molar-refractivity contribution in [2.75, 3.05) is 20.8 Å². The summed E-state index contributed by atoms with van der Waals surface area (Å²) in [6.45, 7) is -0.156. The topological polar surface area (TPSA) is 54.6 Å². The molecule has 3 aromatic carbocycles. The third kappa shape index (κ3) is 4.38. The second-order valence-electron chi connectivity index (χ2n) is 7.21. The summed E-state index contributed by atoms with van der Waals surface area (Å²) >= 11 is 0. The highest BCUT2D eigenvalue weighted by Crippen LogP contribution is 2.34. The summed E-state index contributed by atoms with van der Waals surface area (Å²) in [5.41, 5.74) is 2.93. The van der Waals surface area contributed by atoms with Gasteiger partial charge in [0.2, 0.25) is 0 Å². The summed E-state index contributed by atoms with van der Waals surface area (Å²) in [6.07, 6.45) is 1.93. The number of H-pyrrole nitrogens is 1. The first-order valence-corrected chi connectivity index (χ1v) is 9.91. The van der Waals surface area contributed by atoms with Crippen LogP contribution in [0.25, 0.3) is 10.9 Å². The Hall–Kier alpha value is -3.80. The summed E-state index contributed by atoms with van der Waals surface area (Å²) in [5.74, 6) is 0.636. The fourth-order valence-corrected chi connectivity index (χ4v) is 3.64. The van der Waals surface area contributed by atoms with Gasteiger partial charge in [0.15, 0.2) is 6.61 Å². The molecule has 1 amide bonds. The molecule has 0 fully saturated rings. The predicted molar refractivity (Wildman–Crippen MR) is 118 cm³/mol. The maximum absolute atomic E-state index is 13.1. The number of fused-ring (bicyclic) bond motifs is 1. The number of carbonyl (C=O) groups excluding carboxylic acids is 1. The van der Waals surface area contributed by atoms with Gasteiger partial charge in [0.25, 0.3) is 5.91 Å². The highest BCUT2D eigenvalue weighted by atomic mass is 19.1. The van der Waals surface area contributed by atoms with Crippen molar-refractivity contribution in [2.45, 2.75) is 6.04 Å². The molecule has 158 valence electrons. The van der Waals surface area contributed by atoms with Crippen molar-refractivity contribution < 1.29 is 18.7 Å². The molecule has 0 bridgehead atoms. The lowest BCUT2D eigenvalue weighted by Gasteiger charge is -2.29. The fraction of sp³-hybridized carbons (Fsp3) is 0.160. The van der Waals surface area contributed by atoms with Gasteiger partial charge in [-0.3, -0.25) is 4.79 Å². The highest BCUT2D eigenvalue weighted by molar-refractivity contribution is 5.85. The molecule has 31 heavy (non-hydrogen) atoms. The van der Waals surface area contributed by atoms with Crippen molar-refractivity contribution in [1.29, 1.82) is 0 Å². The molecule has 4 aromatic rings. The van der Waals surface area contributed by atoms with E-state index >= 15 is 0 Å². The number of nitrogens with one attached hydrogen (secondary N) is 1. The van der Waals surface area contributed by atoms with Gasteiger partial charge in [-0.1, -0.05) is 30.3 Å². The van der Waals surface area contributed by atoms with E-state index in [1.54, 1.807) is 19.1 Å². The number of aromatic amines is 1. The summed E-state index contributed by atoms with van der Waals surface area (Å²) in [4.78, 5) is 18.0. The standard InChI is InChI=1S/C25H23FN2O3/c1-28(24(29)16-31-20-13-9-18(26)10-14-20)25(17-7-11-19(30-2)12-8-17)22-15-27-23-6-4-3-5-21(22)23/h3-15,25,27H,16H2,1-2H3. The third-order valence-electron chi connectivity index (χ3n) is 5.30. The first kappa shape index (κ1) is 20.5. The summed E-state index contributed by atoms with van der Waals surface area (Å²) < 4.78 is 24.0. The van der Waals surface area contributed by atoms with Crippen LogP contribution in [0.5, 0.6) is 11.5 Å². The molecule has 0 saturated carbocycles. The van der Waals surface area contributed by atoms with Gasteiger partial charge in [0.1, 0.15) is 17.3 Å². The van der Waals surface area contributed by atoms with E-state index in [4.69, 9.17) is 9.47 Å². The molecule has 0 radical (unpaired) electrons. The van der Waals surface area contributed by atoms with Crippen LogP contribution in [0.4, 0.5) is 4.39 Å². The van der Waals surface area contributed by atoms with E-state index < -0.39 is 0 Å². The smallest absolute Gasteiger partial charge is 0.261 e. The molecule has 0 spiro atoms. The van der Waals surface area contributed by atoms with Crippen LogP contribution in [0, 0.1) is 5.82 Å². The molecule has 5 nitrogen and oxygen atoms in total. The van der Waals surface area contributed by atoms with Crippen molar-refractivity contribution in [3.63, 3.8) is 0 Å². The second kappa shape index (κ2) is 8.92. The molecule has 4 rings (SSSR count). The van der Waals surface area contributed by atoms with E-state index in [9.17, 15) is 9.18 Å². The Morgan fingerprint density at radius 1 is 1.00 bits per heavy atom. The summed E-state index contributed by atoms with van der Waals surface area (Å²) in [7, 11) is 3.38. The van der Waals surface area contributed by atoms with Crippen LogP contribution in [0.2, 0.25) is 0 Å². The van der Waals surface area contributed by atoms with Crippen LogP contribution in [0.3, 0.4) is 0 Å². The number of likely N-dealkylation sites (N-methyl/N-ethyl adjacent to an activating group) is 1. The van der Waals surface area contributed by atoms with E-state index in [2.05, 4.69) is 4.98 Å². The van der Waals surface area contributed by atoms with Crippen molar-refractivity contribution in [1.82, 2.24) is 9.88 Å². The molecule has 6 heteroatoms. The van der Waals surface area contributed by atoms with Gasteiger partial charge in [-0.05, 0) is 48.0 Å². The summed E-state index contributed by atoms with van der Waals surface area (Å²) in [6, 6.07) is 20.9. The number of hydrogen-bond acceptors (Lipinski definition) is 3. The Labute approximate surface area is 180 Å². The van der Waals surface area contributed by atoms with Gasteiger partial charge < -0.3 is 19.4 Å². The van der Waals surface area contributed by atoms with Crippen LogP contribution in [0.15, 0.2) is 79.0 Å². The minimum atomic E-state index is -0.352. The van der Waals surface area contributed by atoms with E-state index in [1.807, 2.05) is 54.7 Å². The number of halogens is 1. The number of ether oxygens (including phenoxy) is 2. The number of benzene rings is 3. The minimum absolute atomic E-state index is 0.156. The van der Waals surface area contributed by atoms with Crippen molar-refractivity contribution in [3.8, 4) is 11.5 Å². The Morgan fingerprint density at radius 2 is 1.68 bits per heavy atom. The van der Waals surface area contributed by atoms with Gasteiger partial charge in [-0.2, -0.15) is 0 Å². The van der Waals surface area contributed by atoms with Gasteiger partial charge in [0, 0.05) is 29.7 Å². The molecule has 0 aliphatic heterocycles. The Kier molecular flexibility index (Phi) is 5.89. The lowest BCUT2D eigenvalue weighted by atomic mass is 9.96. The lowest BCUT2D eigenvalue weighted by molar-refractivity contribution is -0.133. The Bertz CT molecular complexity index is 1170. The number of rotatable bonds is 7. The average molecular weight is 418 g/mol. The third-order valence-corrected chi connectivity index (χ3v) is 5.30. The average Bonchev–Trinajstić information content (AvgIpc) is 3.23. The fourth-order valence-electron chi connectivity index (χ4n) is 3.64. The zero-order valence-corrected chi connectivity index (χ0v) is 17.3. The Balaban J connectivity index is 1.64. The van der Waals surface area contributed by atoms with Crippen molar-refractivity contribution in [3.05, 3.63) is 95.9 Å². The predicted octanol–water partition coefficient (Wildman–Crippen LogP) is 4.94. The van der Waals surface area contributed by atoms with Crippen molar-refractivity contribution >= 4 is 16.8 Å². The highest BCUT2D eigenvalue weighted by Gasteiger charge is 2.26. The molecule has 1 atom stereocenters. The number of hydrogen-bond donors (Lipinski definition) is 1. The maximum atomic E-state index is 13.1. The number of aromatic nitrogens is 1. The molecule has 1 heterocycles. The SMILES string of the molecule is COc1ccc(C(c2c[nH]c3ccccc23)N(C)C(=O)COc2ccc(F)cc2)cc1. The van der Waals surface area contributed by atoms with E-state index in [0.717, 1.165) is 27.8 Å². The molecule has 0 aliphatic rings. The maximum Gasteiger partial charge on any atom is 0.261 e. The van der Waals surface area contributed by atoms with Crippen LogP contribution >= 0.6 is 0 Å². The van der Waals surface area contributed by atoms with Gasteiger partial charge >= 0.3 is 0 Å². The van der Waals surface area contributed by atoms with Gasteiger partial charge in [0.05, 0.1) is 13.2 Å². The van der Waals surface area contributed by atoms with Crippen LogP contribution in [0.1, 0.15) is 17.2 Å².